The zero-order valence-electron chi connectivity index (χ0n) is 8.52. The highest BCUT2D eigenvalue weighted by Gasteiger charge is 1.94. The lowest BCUT2D eigenvalue weighted by Gasteiger charge is -1.93. The summed E-state index contributed by atoms with van der Waals surface area (Å²) >= 11 is 3.70. The van der Waals surface area contributed by atoms with Crippen LogP contribution in [0.2, 0.25) is 0 Å². The lowest BCUT2D eigenvalue weighted by molar-refractivity contribution is -0.697. The summed E-state index contributed by atoms with van der Waals surface area (Å²) in [6, 6.07) is 6.20. The summed E-state index contributed by atoms with van der Waals surface area (Å²) in [5.74, 6) is 0. The van der Waals surface area contributed by atoms with E-state index in [0.717, 1.165) is 6.54 Å². The smallest absolute Gasteiger partial charge is 0.168 e. The Labute approximate surface area is 91.6 Å². The van der Waals surface area contributed by atoms with Gasteiger partial charge in [0.2, 0.25) is 0 Å². The van der Waals surface area contributed by atoms with Crippen molar-refractivity contribution in [3.63, 3.8) is 0 Å². The monoisotopic (exact) mass is 208 g/mol. The number of hydrogen-bond acceptors (Lipinski definition) is 2. The Morgan fingerprint density at radius 3 is 2.29 bits per heavy atom. The normalized spacial score (nSPS) is 8.29. The van der Waals surface area contributed by atoms with Crippen LogP contribution in [0.25, 0.3) is 0 Å². The SMILES string of the molecule is CCCCC[n+]1ccccc1.N#C[S-]. The lowest BCUT2D eigenvalue weighted by Crippen LogP contribution is -2.31. The van der Waals surface area contributed by atoms with Crippen LogP contribution in [0.5, 0.6) is 0 Å². The Hall–Kier alpha value is -1.14. The maximum Gasteiger partial charge on any atom is 0.168 e. The van der Waals surface area contributed by atoms with Crippen LogP contribution in [-0.4, -0.2) is 0 Å². The van der Waals surface area contributed by atoms with Crippen LogP contribution in [0.4, 0.5) is 0 Å². The molecule has 0 aliphatic heterocycles. The van der Waals surface area contributed by atoms with Gasteiger partial charge in [-0.1, -0.05) is 24.8 Å². The highest BCUT2D eigenvalue weighted by atomic mass is 32.1. The summed E-state index contributed by atoms with van der Waals surface area (Å²) in [6.07, 6.45) is 8.17. The molecule has 0 amide bonds. The van der Waals surface area contributed by atoms with Gasteiger partial charge in [0.25, 0.3) is 0 Å². The Bertz CT molecular complexity index is 254. The van der Waals surface area contributed by atoms with E-state index in [2.05, 4.69) is 54.7 Å². The third-order valence-electron chi connectivity index (χ3n) is 1.80. The molecule has 0 spiro atoms. The van der Waals surface area contributed by atoms with Crippen LogP contribution < -0.4 is 4.57 Å². The molecule has 3 heteroatoms. The maximum absolute atomic E-state index is 7.13. The Morgan fingerprint density at radius 1 is 1.21 bits per heavy atom. The summed E-state index contributed by atoms with van der Waals surface area (Å²) in [6.45, 7) is 3.39. The standard InChI is InChI=1S/C10H16N.CHNS/c1-2-3-5-8-11-9-6-4-7-10-11;2-1-3/h4,6-7,9-10H,2-3,5,8H2,1H3;3H/q+1;/p-1. The van der Waals surface area contributed by atoms with Crippen molar-refractivity contribution in [3.05, 3.63) is 30.6 Å². The van der Waals surface area contributed by atoms with Gasteiger partial charge < -0.3 is 12.6 Å². The average Bonchev–Trinajstić information content (AvgIpc) is 2.21. The first kappa shape index (κ1) is 12.9. The molecule has 1 aromatic heterocycles. The van der Waals surface area contributed by atoms with E-state index < -0.39 is 0 Å². The second-order valence-corrected chi connectivity index (χ2v) is 3.09. The van der Waals surface area contributed by atoms with Crippen molar-refractivity contribution in [1.29, 1.82) is 5.26 Å². The van der Waals surface area contributed by atoms with Crippen molar-refractivity contribution in [1.82, 2.24) is 0 Å². The fourth-order valence-electron chi connectivity index (χ4n) is 1.13. The predicted molar refractivity (Wildman–Crippen MR) is 59.1 cm³/mol. The molecule has 0 aliphatic carbocycles. The minimum Gasteiger partial charge on any atom is -0.696 e. The quantitative estimate of drug-likeness (QED) is 0.328. The molecule has 0 bridgehead atoms. The van der Waals surface area contributed by atoms with Gasteiger partial charge in [-0.25, -0.2) is 9.83 Å². The molecule has 0 atom stereocenters. The fourth-order valence-corrected chi connectivity index (χ4v) is 1.13. The minimum atomic E-state index is 1.16. The van der Waals surface area contributed by atoms with Gasteiger partial charge in [-0.3, -0.25) is 0 Å². The van der Waals surface area contributed by atoms with Gasteiger partial charge in [0.1, 0.15) is 6.54 Å². The van der Waals surface area contributed by atoms with Crippen LogP contribution in [0, 0.1) is 10.7 Å². The Morgan fingerprint density at radius 2 is 1.79 bits per heavy atom. The summed E-state index contributed by atoms with van der Waals surface area (Å²) in [5.41, 5.74) is 0. The van der Waals surface area contributed by atoms with Crippen LogP contribution in [0.1, 0.15) is 26.2 Å². The van der Waals surface area contributed by atoms with Gasteiger partial charge in [0, 0.05) is 18.6 Å². The molecule has 0 saturated heterocycles. The van der Waals surface area contributed by atoms with E-state index in [0.29, 0.717) is 0 Å². The molecule has 0 N–H and O–H groups in total. The summed E-state index contributed by atoms with van der Waals surface area (Å²) in [4.78, 5) is 0. The molecule has 76 valence electrons. The first-order chi connectivity index (χ1) is 6.85. The first-order valence-corrected chi connectivity index (χ1v) is 5.21. The number of nitriles is 1. The van der Waals surface area contributed by atoms with Crippen molar-refractivity contribution in [2.75, 3.05) is 0 Å². The zero-order valence-corrected chi connectivity index (χ0v) is 9.33. The third-order valence-corrected chi connectivity index (χ3v) is 1.80. The Balaban J connectivity index is 0.000000500. The fraction of sp³-hybridized carbons (Fsp3) is 0.455. The largest absolute Gasteiger partial charge is 0.696 e. The van der Waals surface area contributed by atoms with E-state index in [-0.39, 0.29) is 0 Å². The molecule has 0 unspecified atom stereocenters. The lowest BCUT2D eigenvalue weighted by atomic mass is 10.2. The minimum absolute atomic E-state index is 1.16. The van der Waals surface area contributed by atoms with Crippen molar-refractivity contribution >= 4 is 12.6 Å². The van der Waals surface area contributed by atoms with Gasteiger partial charge in [0.05, 0.1) is 0 Å². The van der Waals surface area contributed by atoms with Crippen LogP contribution in [0.15, 0.2) is 30.6 Å². The van der Waals surface area contributed by atoms with Gasteiger partial charge in [-0.2, -0.15) is 0 Å². The van der Waals surface area contributed by atoms with Crippen molar-refractivity contribution in [3.8, 4) is 5.40 Å². The number of thiocyanates is 1. The molecule has 0 aromatic carbocycles. The molecule has 2 nitrogen and oxygen atoms in total. The van der Waals surface area contributed by atoms with Crippen molar-refractivity contribution in [2.45, 2.75) is 32.7 Å². The van der Waals surface area contributed by atoms with E-state index in [1.54, 1.807) is 0 Å². The molecule has 0 aliphatic rings. The molecular weight excluding hydrogens is 192 g/mol. The van der Waals surface area contributed by atoms with E-state index in [4.69, 9.17) is 5.26 Å². The van der Waals surface area contributed by atoms with Gasteiger partial charge >= 0.3 is 0 Å². The van der Waals surface area contributed by atoms with Gasteiger partial charge in [-0.05, 0) is 6.42 Å². The summed E-state index contributed by atoms with van der Waals surface area (Å²) in [7, 11) is 0. The predicted octanol–water partition coefficient (Wildman–Crippen LogP) is 2.18. The van der Waals surface area contributed by atoms with Crippen LogP contribution in [0.3, 0.4) is 0 Å². The number of hydrogen-bond donors (Lipinski definition) is 0. The van der Waals surface area contributed by atoms with Crippen molar-refractivity contribution < 1.29 is 4.57 Å². The van der Waals surface area contributed by atoms with E-state index in [9.17, 15) is 0 Å². The zero-order chi connectivity index (χ0) is 10.6. The number of nitrogens with zero attached hydrogens (tertiary/aromatic N) is 2. The molecule has 0 saturated carbocycles. The number of unbranched alkanes of at least 4 members (excludes halogenated alkanes) is 2. The molecular formula is C11H16N2S. The summed E-state index contributed by atoms with van der Waals surface area (Å²) < 4.78 is 2.23. The number of pyridine rings is 1. The highest BCUT2D eigenvalue weighted by molar-refractivity contribution is 7.64. The molecule has 0 fully saturated rings. The molecule has 1 rings (SSSR count). The summed E-state index contributed by atoms with van der Waals surface area (Å²) in [5, 5.41) is 8.47. The van der Waals surface area contributed by atoms with Gasteiger partial charge in [-0.15, -0.1) is 0 Å². The average molecular weight is 208 g/mol. The van der Waals surface area contributed by atoms with E-state index >= 15 is 0 Å². The van der Waals surface area contributed by atoms with Gasteiger partial charge in [0.15, 0.2) is 12.4 Å². The highest BCUT2D eigenvalue weighted by Crippen LogP contribution is 1.92. The topological polar surface area (TPSA) is 27.7 Å². The third kappa shape index (κ3) is 7.51. The molecule has 0 radical (unpaired) electrons. The molecule has 1 aromatic rings. The number of aromatic nitrogens is 1. The first-order valence-electron chi connectivity index (χ1n) is 4.80. The van der Waals surface area contributed by atoms with Crippen LogP contribution >= 0.6 is 0 Å². The maximum atomic E-state index is 7.13. The van der Waals surface area contributed by atoms with E-state index in [1.165, 1.54) is 24.7 Å². The molecule has 1 heterocycles. The second kappa shape index (κ2) is 9.94. The Kier molecular flexibility index (Phi) is 9.13. The van der Waals surface area contributed by atoms with Crippen LogP contribution in [-0.2, 0) is 19.2 Å². The number of aryl methyl sites for hydroxylation is 1. The number of rotatable bonds is 4. The van der Waals surface area contributed by atoms with E-state index in [1.807, 2.05) is 0 Å². The second-order valence-electron chi connectivity index (χ2n) is 2.91. The van der Waals surface area contributed by atoms with Crippen molar-refractivity contribution in [2.24, 2.45) is 0 Å². The molecule has 14 heavy (non-hydrogen) atoms.